The molecule has 1 heterocycles. The van der Waals surface area contributed by atoms with Gasteiger partial charge in [0.15, 0.2) is 0 Å². The first kappa shape index (κ1) is 14.0. The van der Waals surface area contributed by atoms with Gasteiger partial charge >= 0.3 is 5.97 Å². The zero-order valence-corrected chi connectivity index (χ0v) is 12.0. The summed E-state index contributed by atoms with van der Waals surface area (Å²) < 4.78 is 5.10. The van der Waals surface area contributed by atoms with Crippen molar-refractivity contribution < 1.29 is 14.3 Å². The average Bonchev–Trinajstić information content (AvgIpc) is 2.67. The number of rotatable bonds is 4. The van der Waals surface area contributed by atoms with Crippen molar-refractivity contribution in [2.24, 2.45) is 0 Å². The molecular weight excluding hydrogens is 282 g/mol. The molecule has 0 saturated carbocycles. The number of carbonyl (C=O) groups is 2. The van der Waals surface area contributed by atoms with Crippen LogP contribution in [0.2, 0.25) is 0 Å². The van der Waals surface area contributed by atoms with Gasteiger partial charge in [0.05, 0.1) is 20.1 Å². The average molecular weight is 295 g/mol. The number of ether oxygens (including phenoxy) is 1. The van der Waals surface area contributed by atoms with Gasteiger partial charge in [-0.1, -0.05) is 54.3 Å². The van der Waals surface area contributed by atoms with Crippen molar-refractivity contribution in [3.8, 4) is 0 Å². The summed E-state index contributed by atoms with van der Waals surface area (Å²) in [4.78, 5) is 25.0. The first-order valence-electron chi connectivity index (χ1n) is 5.74. The predicted molar refractivity (Wildman–Crippen MR) is 77.6 cm³/mol. The maximum Gasteiger partial charge on any atom is 0.307 e. The van der Waals surface area contributed by atoms with E-state index >= 15 is 0 Å². The fourth-order valence-corrected chi connectivity index (χ4v) is 3.25. The fraction of sp³-hybridized carbons (Fsp3) is 0.308. The minimum Gasteiger partial charge on any atom is -0.469 e. The van der Waals surface area contributed by atoms with Crippen molar-refractivity contribution in [2.45, 2.75) is 18.2 Å². The number of benzene rings is 1. The van der Waals surface area contributed by atoms with E-state index in [1.807, 2.05) is 30.3 Å². The van der Waals surface area contributed by atoms with Crippen molar-refractivity contribution in [2.75, 3.05) is 7.11 Å². The third kappa shape index (κ3) is 3.33. The van der Waals surface area contributed by atoms with Gasteiger partial charge in [-0.2, -0.15) is 0 Å². The van der Waals surface area contributed by atoms with Crippen LogP contribution in [0.5, 0.6) is 0 Å². The Labute approximate surface area is 121 Å². The summed E-state index contributed by atoms with van der Waals surface area (Å²) in [6.45, 7) is 0.448. The van der Waals surface area contributed by atoms with Gasteiger partial charge in [0.1, 0.15) is 9.57 Å². The van der Waals surface area contributed by atoms with Gasteiger partial charge in [0, 0.05) is 0 Å². The number of amides is 1. The van der Waals surface area contributed by atoms with E-state index in [4.69, 9.17) is 12.2 Å². The zero-order chi connectivity index (χ0) is 13.8. The molecular formula is C13H13NO3S2. The number of thioether (sulfide) groups is 1. The molecule has 0 aliphatic carbocycles. The molecule has 0 aromatic heterocycles. The van der Waals surface area contributed by atoms with Crippen LogP contribution in [0.25, 0.3) is 0 Å². The molecule has 1 aliphatic rings. The van der Waals surface area contributed by atoms with Crippen molar-refractivity contribution in [3.05, 3.63) is 35.9 Å². The fourth-order valence-electron chi connectivity index (χ4n) is 1.77. The lowest BCUT2D eigenvalue weighted by atomic mass is 10.2. The molecule has 1 fully saturated rings. The molecule has 0 radical (unpaired) electrons. The highest BCUT2D eigenvalue weighted by molar-refractivity contribution is 8.24. The first-order valence-corrected chi connectivity index (χ1v) is 7.03. The number of carbonyl (C=O) groups excluding carboxylic acids is 2. The standard InChI is InChI=1S/C13H13NO3S2/c1-17-11(15)7-10-12(16)14(13(18)19-10)8-9-5-3-2-4-6-9/h2-6,10H,7-8H2,1H3/t10-/m0/s1. The Kier molecular flexibility index (Phi) is 4.55. The molecule has 1 aliphatic heterocycles. The van der Waals surface area contributed by atoms with Crippen molar-refractivity contribution >= 4 is 40.2 Å². The number of nitrogens with zero attached hydrogens (tertiary/aromatic N) is 1. The zero-order valence-electron chi connectivity index (χ0n) is 10.4. The third-order valence-electron chi connectivity index (χ3n) is 2.77. The van der Waals surface area contributed by atoms with Crippen LogP contribution in [0.1, 0.15) is 12.0 Å². The van der Waals surface area contributed by atoms with Gasteiger partial charge in [-0.15, -0.1) is 0 Å². The maximum atomic E-state index is 12.2. The van der Waals surface area contributed by atoms with Gasteiger partial charge in [-0.3, -0.25) is 14.5 Å². The predicted octanol–water partition coefficient (Wildman–Crippen LogP) is 1.98. The molecule has 2 rings (SSSR count). The Balaban J connectivity index is 2.04. The maximum absolute atomic E-state index is 12.2. The molecule has 1 saturated heterocycles. The summed E-state index contributed by atoms with van der Waals surface area (Å²) in [7, 11) is 1.31. The van der Waals surface area contributed by atoms with Gasteiger partial charge < -0.3 is 4.74 Å². The van der Waals surface area contributed by atoms with E-state index in [1.165, 1.54) is 18.9 Å². The lowest BCUT2D eigenvalue weighted by molar-refractivity contribution is -0.142. The summed E-state index contributed by atoms with van der Waals surface area (Å²) in [5.74, 6) is -0.514. The first-order chi connectivity index (χ1) is 9.11. The second kappa shape index (κ2) is 6.16. The van der Waals surface area contributed by atoms with Crippen LogP contribution in [0.15, 0.2) is 30.3 Å². The molecule has 0 bridgehead atoms. The second-order valence-corrected chi connectivity index (χ2v) is 5.90. The summed E-state index contributed by atoms with van der Waals surface area (Å²) in [6, 6.07) is 9.63. The Morgan fingerprint density at radius 1 is 1.42 bits per heavy atom. The molecule has 1 aromatic carbocycles. The molecule has 0 unspecified atom stereocenters. The van der Waals surface area contributed by atoms with E-state index in [2.05, 4.69) is 4.74 Å². The number of methoxy groups -OCH3 is 1. The third-order valence-corrected chi connectivity index (χ3v) is 4.35. The van der Waals surface area contributed by atoms with Crippen LogP contribution in [0.3, 0.4) is 0 Å². The van der Waals surface area contributed by atoms with Crippen LogP contribution in [0, 0.1) is 0 Å². The highest BCUT2D eigenvalue weighted by Crippen LogP contribution is 2.30. The quantitative estimate of drug-likeness (QED) is 0.628. The molecule has 0 spiro atoms. The van der Waals surface area contributed by atoms with Gasteiger partial charge in [0.2, 0.25) is 5.91 Å². The molecule has 6 heteroatoms. The van der Waals surface area contributed by atoms with E-state index in [0.29, 0.717) is 10.9 Å². The summed E-state index contributed by atoms with van der Waals surface area (Å²) >= 11 is 6.45. The molecule has 0 N–H and O–H groups in total. The lowest BCUT2D eigenvalue weighted by Crippen LogP contribution is -2.31. The number of esters is 1. The topological polar surface area (TPSA) is 46.6 Å². The number of hydrogen-bond donors (Lipinski definition) is 0. The minimum absolute atomic E-state index is 0.0609. The largest absolute Gasteiger partial charge is 0.469 e. The molecule has 19 heavy (non-hydrogen) atoms. The monoisotopic (exact) mass is 295 g/mol. The normalized spacial score (nSPS) is 18.8. The van der Waals surface area contributed by atoms with E-state index in [0.717, 1.165) is 5.56 Å². The Bertz CT molecular complexity index is 504. The van der Waals surface area contributed by atoms with Crippen LogP contribution in [0.4, 0.5) is 0 Å². The summed E-state index contributed by atoms with van der Waals surface area (Å²) in [5.41, 5.74) is 1.01. The molecule has 1 aromatic rings. The number of hydrogen-bond acceptors (Lipinski definition) is 5. The minimum atomic E-state index is -0.455. The Morgan fingerprint density at radius 3 is 2.74 bits per heavy atom. The Hall–Kier alpha value is -1.40. The smallest absolute Gasteiger partial charge is 0.307 e. The van der Waals surface area contributed by atoms with Crippen molar-refractivity contribution in [1.82, 2.24) is 4.90 Å². The van der Waals surface area contributed by atoms with E-state index in [9.17, 15) is 9.59 Å². The van der Waals surface area contributed by atoms with E-state index in [1.54, 1.807) is 4.90 Å². The highest BCUT2D eigenvalue weighted by Gasteiger charge is 2.38. The molecule has 100 valence electrons. The Morgan fingerprint density at radius 2 is 2.11 bits per heavy atom. The van der Waals surface area contributed by atoms with Gasteiger partial charge in [-0.25, -0.2) is 0 Å². The van der Waals surface area contributed by atoms with Crippen LogP contribution >= 0.6 is 24.0 Å². The highest BCUT2D eigenvalue weighted by atomic mass is 32.2. The van der Waals surface area contributed by atoms with E-state index < -0.39 is 11.2 Å². The molecule has 4 nitrogen and oxygen atoms in total. The molecule has 1 amide bonds. The van der Waals surface area contributed by atoms with E-state index in [-0.39, 0.29) is 12.3 Å². The van der Waals surface area contributed by atoms with Crippen LogP contribution in [-0.2, 0) is 20.9 Å². The molecule has 1 atom stereocenters. The van der Waals surface area contributed by atoms with Crippen molar-refractivity contribution in [3.63, 3.8) is 0 Å². The summed E-state index contributed by atoms with van der Waals surface area (Å²) in [5, 5.41) is -0.455. The van der Waals surface area contributed by atoms with Crippen LogP contribution in [-0.4, -0.2) is 33.5 Å². The summed E-state index contributed by atoms with van der Waals surface area (Å²) in [6.07, 6.45) is 0.0609. The second-order valence-electron chi connectivity index (χ2n) is 4.06. The van der Waals surface area contributed by atoms with Crippen molar-refractivity contribution in [1.29, 1.82) is 0 Å². The van der Waals surface area contributed by atoms with Gasteiger partial charge in [-0.05, 0) is 5.56 Å². The lowest BCUT2D eigenvalue weighted by Gasteiger charge is -2.15. The SMILES string of the molecule is COC(=O)C[C@@H]1SC(=S)N(Cc2ccccc2)C1=O. The van der Waals surface area contributed by atoms with Gasteiger partial charge in [0.25, 0.3) is 0 Å². The van der Waals surface area contributed by atoms with Crippen LogP contribution < -0.4 is 0 Å². The number of thiocarbonyl (C=S) groups is 1.